The molecule has 4 nitrogen and oxygen atoms in total. The molecule has 1 N–H and O–H groups in total. The third-order valence-corrected chi connectivity index (χ3v) is 5.70. The van der Waals surface area contributed by atoms with Crippen molar-refractivity contribution in [2.45, 2.75) is 45.7 Å². The van der Waals surface area contributed by atoms with Crippen LogP contribution in [0.4, 0.5) is 0 Å². The second-order valence-electron chi connectivity index (χ2n) is 8.32. The normalized spacial score (nSPS) is 11.6. The maximum Gasteiger partial charge on any atom is 0.242 e. The number of nitrogens with zero attached hydrogens (tertiary/aromatic N) is 1. The Morgan fingerprint density at radius 1 is 0.812 bits per heavy atom. The van der Waals surface area contributed by atoms with E-state index in [2.05, 4.69) is 42.6 Å². The summed E-state index contributed by atoms with van der Waals surface area (Å²) in [5.41, 5.74) is 5.51. The largest absolute Gasteiger partial charge is 0.357 e. The third-order valence-electron chi connectivity index (χ3n) is 5.70. The Morgan fingerprint density at radius 2 is 1.50 bits per heavy atom. The van der Waals surface area contributed by atoms with Gasteiger partial charge in [-0.05, 0) is 37.0 Å². The summed E-state index contributed by atoms with van der Waals surface area (Å²) >= 11 is 0. The molecule has 1 atom stereocenters. The second-order valence-corrected chi connectivity index (χ2v) is 8.32. The van der Waals surface area contributed by atoms with Crippen LogP contribution in [0.15, 0.2) is 78.9 Å². The summed E-state index contributed by atoms with van der Waals surface area (Å²) < 4.78 is 0. The van der Waals surface area contributed by atoms with Gasteiger partial charge in [-0.2, -0.15) is 0 Å². The molecule has 2 amide bonds. The number of likely N-dealkylation sites (N-methyl/N-ethyl adjacent to an activating group) is 1. The number of nitrogens with one attached hydrogen (secondary N) is 1. The van der Waals surface area contributed by atoms with Crippen LogP contribution in [0.5, 0.6) is 0 Å². The number of carbonyl (C=O) groups is 2. The number of amides is 2. The van der Waals surface area contributed by atoms with Gasteiger partial charge in [0, 0.05) is 26.4 Å². The molecule has 0 aliphatic heterocycles. The molecule has 4 heteroatoms. The number of hydrogen-bond acceptors (Lipinski definition) is 2. The fraction of sp³-hybridized carbons (Fsp3) is 0.286. The first kappa shape index (κ1) is 23.3. The van der Waals surface area contributed by atoms with Crippen molar-refractivity contribution >= 4 is 11.8 Å². The van der Waals surface area contributed by atoms with Crippen LogP contribution in [0.1, 0.15) is 34.2 Å². The molecule has 0 aromatic heterocycles. The average molecular weight is 429 g/mol. The van der Waals surface area contributed by atoms with Gasteiger partial charge in [0.05, 0.1) is 0 Å². The van der Waals surface area contributed by atoms with Gasteiger partial charge < -0.3 is 10.2 Å². The lowest BCUT2D eigenvalue weighted by Gasteiger charge is -2.31. The zero-order valence-corrected chi connectivity index (χ0v) is 19.2. The predicted molar refractivity (Wildman–Crippen MR) is 129 cm³/mol. The Bertz CT molecular complexity index is 1030. The van der Waals surface area contributed by atoms with Gasteiger partial charge in [-0.3, -0.25) is 9.59 Å². The van der Waals surface area contributed by atoms with Gasteiger partial charge in [0.1, 0.15) is 6.04 Å². The maximum atomic E-state index is 13.5. The van der Waals surface area contributed by atoms with Gasteiger partial charge >= 0.3 is 0 Å². The Balaban J connectivity index is 1.86. The van der Waals surface area contributed by atoms with E-state index in [1.807, 2.05) is 55.5 Å². The summed E-state index contributed by atoms with van der Waals surface area (Å²) in [6.07, 6.45) is 1.48. The van der Waals surface area contributed by atoms with E-state index in [1.54, 1.807) is 11.9 Å². The van der Waals surface area contributed by atoms with Crippen molar-refractivity contribution in [3.63, 3.8) is 0 Å². The molecule has 0 unspecified atom stereocenters. The Morgan fingerprint density at radius 3 is 2.16 bits per heavy atom. The van der Waals surface area contributed by atoms with Crippen molar-refractivity contribution in [1.29, 1.82) is 0 Å². The highest BCUT2D eigenvalue weighted by Crippen LogP contribution is 2.17. The topological polar surface area (TPSA) is 49.4 Å². The summed E-state index contributed by atoms with van der Waals surface area (Å²) in [6.45, 7) is 4.49. The van der Waals surface area contributed by atoms with Crippen molar-refractivity contribution in [2.75, 3.05) is 7.05 Å². The van der Waals surface area contributed by atoms with Crippen LogP contribution in [-0.2, 0) is 29.0 Å². The number of carbonyl (C=O) groups excluding carboxylic acids is 2. The van der Waals surface area contributed by atoms with E-state index in [4.69, 9.17) is 0 Å². The molecule has 0 spiro atoms. The average Bonchev–Trinajstić information content (AvgIpc) is 2.81. The standard InChI is InChI=1S/C28H32N2O2/c1-21-12-14-23(15-13-21)16-17-27(31)30(20-25-11-7-8-22(2)18-25)26(28(32)29-3)19-24-9-5-4-6-10-24/h4-15,18,26H,16-17,19-20H2,1-3H3,(H,29,32)/t26-/m1/s1. The van der Waals surface area contributed by atoms with Gasteiger partial charge in [0.2, 0.25) is 11.8 Å². The fourth-order valence-corrected chi connectivity index (χ4v) is 3.88. The highest BCUT2D eigenvalue weighted by Gasteiger charge is 2.29. The second kappa shape index (κ2) is 11.3. The number of aryl methyl sites for hydroxylation is 3. The molecule has 3 rings (SSSR count). The summed E-state index contributed by atoms with van der Waals surface area (Å²) in [7, 11) is 1.63. The summed E-state index contributed by atoms with van der Waals surface area (Å²) in [5, 5.41) is 2.77. The van der Waals surface area contributed by atoms with Crippen molar-refractivity contribution in [1.82, 2.24) is 10.2 Å². The van der Waals surface area contributed by atoms with E-state index in [0.29, 0.717) is 25.8 Å². The molecule has 0 bridgehead atoms. The molecular weight excluding hydrogens is 396 g/mol. The molecule has 0 heterocycles. The van der Waals surface area contributed by atoms with Crippen molar-refractivity contribution in [3.8, 4) is 0 Å². The summed E-state index contributed by atoms with van der Waals surface area (Å²) in [4.78, 5) is 28.1. The van der Waals surface area contributed by atoms with Gasteiger partial charge in [-0.15, -0.1) is 0 Å². The van der Waals surface area contributed by atoms with Crippen LogP contribution in [0.2, 0.25) is 0 Å². The van der Waals surface area contributed by atoms with E-state index in [9.17, 15) is 9.59 Å². The molecule has 0 saturated heterocycles. The van der Waals surface area contributed by atoms with Gasteiger partial charge in [-0.25, -0.2) is 0 Å². The molecule has 32 heavy (non-hydrogen) atoms. The summed E-state index contributed by atoms with van der Waals surface area (Å²) in [6, 6.07) is 25.7. The first-order chi connectivity index (χ1) is 15.5. The SMILES string of the molecule is CNC(=O)[C@@H](Cc1ccccc1)N(Cc1cccc(C)c1)C(=O)CCc1ccc(C)cc1. The highest BCUT2D eigenvalue weighted by molar-refractivity contribution is 5.88. The van der Waals surface area contributed by atoms with Gasteiger partial charge in [0.15, 0.2) is 0 Å². The van der Waals surface area contributed by atoms with Crippen molar-refractivity contribution < 1.29 is 9.59 Å². The first-order valence-corrected chi connectivity index (χ1v) is 11.1. The minimum atomic E-state index is -0.576. The fourth-order valence-electron chi connectivity index (χ4n) is 3.88. The monoisotopic (exact) mass is 428 g/mol. The molecule has 3 aromatic carbocycles. The quantitative estimate of drug-likeness (QED) is 0.541. The van der Waals surface area contributed by atoms with Gasteiger partial charge in [0.25, 0.3) is 0 Å². The van der Waals surface area contributed by atoms with Crippen LogP contribution in [-0.4, -0.2) is 29.8 Å². The maximum absolute atomic E-state index is 13.5. The molecule has 0 aliphatic rings. The van der Waals surface area contributed by atoms with Crippen LogP contribution >= 0.6 is 0 Å². The van der Waals surface area contributed by atoms with E-state index < -0.39 is 6.04 Å². The van der Waals surface area contributed by atoms with Crippen LogP contribution in [0.25, 0.3) is 0 Å². The first-order valence-electron chi connectivity index (χ1n) is 11.1. The van der Waals surface area contributed by atoms with Crippen molar-refractivity contribution in [3.05, 3.63) is 107 Å². The highest BCUT2D eigenvalue weighted by atomic mass is 16.2. The Labute approximate surface area is 191 Å². The van der Waals surface area contributed by atoms with E-state index in [1.165, 1.54) is 5.56 Å². The minimum Gasteiger partial charge on any atom is -0.357 e. The minimum absolute atomic E-state index is 0.0170. The van der Waals surface area contributed by atoms with E-state index in [-0.39, 0.29) is 11.8 Å². The molecule has 0 radical (unpaired) electrons. The van der Waals surface area contributed by atoms with E-state index in [0.717, 1.165) is 22.3 Å². The molecule has 166 valence electrons. The predicted octanol–water partition coefficient (Wildman–Crippen LogP) is 4.62. The van der Waals surface area contributed by atoms with Crippen LogP contribution in [0.3, 0.4) is 0 Å². The Hall–Kier alpha value is -3.40. The smallest absolute Gasteiger partial charge is 0.242 e. The van der Waals surface area contributed by atoms with Gasteiger partial charge in [-0.1, -0.05) is 90.0 Å². The lowest BCUT2D eigenvalue weighted by atomic mass is 10.0. The molecular formula is C28H32N2O2. The summed E-state index contributed by atoms with van der Waals surface area (Å²) in [5.74, 6) is -0.165. The van der Waals surface area contributed by atoms with Crippen LogP contribution < -0.4 is 5.32 Å². The number of rotatable bonds is 9. The Kier molecular flexibility index (Phi) is 8.20. The molecule has 0 aliphatic carbocycles. The zero-order chi connectivity index (χ0) is 22.9. The number of benzene rings is 3. The zero-order valence-electron chi connectivity index (χ0n) is 19.2. The third kappa shape index (κ3) is 6.55. The molecule has 0 saturated carbocycles. The lowest BCUT2D eigenvalue weighted by molar-refractivity contribution is -0.141. The van der Waals surface area contributed by atoms with E-state index >= 15 is 0 Å². The van der Waals surface area contributed by atoms with Crippen LogP contribution in [0, 0.1) is 13.8 Å². The van der Waals surface area contributed by atoms with Crippen molar-refractivity contribution in [2.24, 2.45) is 0 Å². The lowest BCUT2D eigenvalue weighted by Crippen LogP contribution is -2.49. The molecule has 0 fully saturated rings. The number of hydrogen-bond donors (Lipinski definition) is 1. The molecule has 3 aromatic rings.